The smallest absolute Gasteiger partial charge is 0.356 e. The summed E-state index contributed by atoms with van der Waals surface area (Å²) in [5.74, 6) is -2.23. The Kier molecular flexibility index (Phi) is 8.06. The predicted octanol–water partition coefficient (Wildman–Crippen LogP) is 3.42. The van der Waals surface area contributed by atoms with E-state index in [1.165, 1.54) is 35.2 Å². The number of likely N-dealkylation sites (tertiary alicyclic amines) is 1. The van der Waals surface area contributed by atoms with Crippen LogP contribution in [-0.4, -0.2) is 87.1 Å². The molecule has 3 saturated heterocycles. The van der Waals surface area contributed by atoms with Crippen LogP contribution >= 0.6 is 0 Å². The van der Waals surface area contributed by atoms with E-state index in [9.17, 15) is 31.9 Å². The molecule has 3 aliphatic heterocycles. The van der Waals surface area contributed by atoms with Gasteiger partial charge in [0.2, 0.25) is 11.8 Å². The molecule has 0 bridgehead atoms. The maximum Gasteiger partial charge on any atom is 0.430 e. The van der Waals surface area contributed by atoms with Crippen LogP contribution in [0.25, 0.3) is 0 Å². The molecule has 3 aliphatic rings. The lowest BCUT2D eigenvalue weighted by Gasteiger charge is -2.50. The molecule has 0 aromatic heterocycles. The lowest BCUT2D eigenvalue weighted by molar-refractivity contribution is -0.271. The molecule has 3 heterocycles. The first-order chi connectivity index (χ1) is 19.9. The number of piperazine rings is 1. The molecular formula is C30H34F4N4O4. The van der Waals surface area contributed by atoms with Crippen molar-refractivity contribution in [3.63, 3.8) is 0 Å². The van der Waals surface area contributed by atoms with E-state index in [4.69, 9.17) is 4.74 Å². The third-order valence-corrected chi connectivity index (χ3v) is 9.06. The molecule has 12 heteroatoms. The lowest BCUT2D eigenvalue weighted by Crippen LogP contribution is -2.60. The molecule has 226 valence electrons. The highest BCUT2D eigenvalue weighted by Crippen LogP contribution is 2.50. The number of methoxy groups -OCH3 is 1. The minimum absolute atomic E-state index is 0.0123. The number of piperidine rings is 2. The summed E-state index contributed by atoms with van der Waals surface area (Å²) in [5, 5.41) is 2.85. The quantitative estimate of drug-likeness (QED) is 0.540. The second kappa shape index (κ2) is 11.3. The summed E-state index contributed by atoms with van der Waals surface area (Å²) in [7, 11) is 2.65. The molecule has 42 heavy (non-hydrogen) atoms. The number of amides is 3. The van der Waals surface area contributed by atoms with Crippen molar-refractivity contribution in [1.29, 1.82) is 0 Å². The zero-order chi connectivity index (χ0) is 30.3. The Morgan fingerprint density at radius 2 is 1.71 bits per heavy atom. The second-order valence-corrected chi connectivity index (χ2v) is 11.5. The average molecular weight is 591 g/mol. The van der Waals surface area contributed by atoms with Gasteiger partial charge in [0, 0.05) is 63.4 Å². The van der Waals surface area contributed by atoms with Gasteiger partial charge in [-0.2, -0.15) is 13.2 Å². The highest BCUT2D eigenvalue weighted by Gasteiger charge is 2.64. The molecule has 3 fully saturated rings. The van der Waals surface area contributed by atoms with Crippen LogP contribution in [0.4, 0.5) is 23.2 Å². The van der Waals surface area contributed by atoms with Crippen LogP contribution in [0.15, 0.2) is 48.5 Å². The monoisotopic (exact) mass is 590 g/mol. The second-order valence-electron chi connectivity index (χ2n) is 11.5. The summed E-state index contributed by atoms with van der Waals surface area (Å²) in [6.45, 7) is 1.28. The molecule has 5 rings (SSSR count). The highest BCUT2D eigenvalue weighted by atomic mass is 19.4. The van der Waals surface area contributed by atoms with Crippen LogP contribution in [0.2, 0.25) is 0 Å². The van der Waals surface area contributed by atoms with Gasteiger partial charge >= 0.3 is 6.18 Å². The van der Waals surface area contributed by atoms with Gasteiger partial charge in [0.15, 0.2) is 0 Å². The Bertz CT molecular complexity index is 1340. The van der Waals surface area contributed by atoms with Gasteiger partial charge in [-0.05, 0) is 55.1 Å². The van der Waals surface area contributed by atoms with Gasteiger partial charge in [0.25, 0.3) is 11.5 Å². The third kappa shape index (κ3) is 5.26. The van der Waals surface area contributed by atoms with Gasteiger partial charge in [-0.25, -0.2) is 4.39 Å². The number of hydrogen-bond acceptors (Lipinski definition) is 5. The third-order valence-electron chi connectivity index (χ3n) is 9.06. The van der Waals surface area contributed by atoms with E-state index >= 15 is 0 Å². The highest BCUT2D eigenvalue weighted by molar-refractivity contribution is 5.96. The minimum Gasteiger partial charge on any atom is -0.356 e. The molecule has 0 radical (unpaired) electrons. The molecule has 2 atom stereocenters. The summed E-state index contributed by atoms with van der Waals surface area (Å²) in [6, 6.07) is 11.4. The predicted molar refractivity (Wildman–Crippen MR) is 146 cm³/mol. The van der Waals surface area contributed by atoms with Crippen molar-refractivity contribution in [3.8, 4) is 0 Å². The van der Waals surface area contributed by atoms with Crippen LogP contribution in [0.3, 0.4) is 0 Å². The van der Waals surface area contributed by atoms with Gasteiger partial charge in [0.1, 0.15) is 5.82 Å². The van der Waals surface area contributed by atoms with E-state index in [1.54, 1.807) is 25.2 Å². The Morgan fingerprint density at radius 1 is 1.02 bits per heavy atom. The Hall–Kier alpha value is -3.51. The van der Waals surface area contributed by atoms with Crippen LogP contribution in [0, 0.1) is 11.2 Å². The number of anilines is 1. The summed E-state index contributed by atoms with van der Waals surface area (Å²) in [5.41, 5.74) is -3.20. The Labute approximate surface area is 241 Å². The number of rotatable bonds is 5. The zero-order valence-corrected chi connectivity index (χ0v) is 23.5. The summed E-state index contributed by atoms with van der Waals surface area (Å²) in [6.07, 6.45) is -4.36. The SMILES string of the molecule is COC(C(=O)N1CCC2(CC1)CC(=O)NC[C@H]2c1ccc(F)cc1)(c1cccc(N2CCN(C)CC2=O)c1)C(F)(F)F. The number of carbonyl (C=O) groups excluding carboxylic acids is 3. The van der Waals surface area contributed by atoms with Crippen molar-refractivity contribution >= 4 is 23.4 Å². The Balaban J connectivity index is 1.43. The van der Waals surface area contributed by atoms with E-state index in [2.05, 4.69) is 5.32 Å². The number of alkyl halides is 3. The number of likely N-dealkylation sites (N-methyl/N-ethyl adjacent to an activating group) is 1. The fourth-order valence-corrected chi connectivity index (χ4v) is 6.69. The van der Waals surface area contributed by atoms with E-state index < -0.39 is 34.5 Å². The van der Waals surface area contributed by atoms with Gasteiger partial charge in [-0.15, -0.1) is 0 Å². The van der Waals surface area contributed by atoms with E-state index in [0.29, 0.717) is 32.5 Å². The van der Waals surface area contributed by atoms with Crippen molar-refractivity contribution in [3.05, 3.63) is 65.5 Å². The molecule has 0 aliphatic carbocycles. The zero-order valence-electron chi connectivity index (χ0n) is 23.5. The molecule has 0 saturated carbocycles. The first-order valence-electron chi connectivity index (χ1n) is 13.9. The van der Waals surface area contributed by atoms with Crippen LogP contribution in [-0.2, 0) is 24.7 Å². The normalized spacial score (nSPS) is 23.0. The summed E-state index contributed by atoms with van der Waals surface area (Å²) >= 11 is 0. The van der Waals surface area contributed by atoms with Crippen molar-refractivity contribution in [2.45, 2.75) is 37.0 Å². The molecule has 2 aromatic carbocycles. The van der Waals surface area contributed by atoms with E-state index in [-0.39, 0.29) is 49.5 Å². The molecule has 1 spiro atoms. The van der Waals surface area contributed by atoms with Gasteiger partial charge in [-0.1, -0.05) is 24.3 Å². The molecule has 1 unspecified atom stereocenters. The van der Waals surface area contributed by atoms with Crippen LogP contribution in [0.1, 0.15) is 36.3 Å². The largest absolute Gasteiger partial charge is 0.430 e. The number of ether oxygens (including phenoxy) is 1. The number of hydrogen-bond donors (Lipinski definition) is 1. The maximum absolute atomic E-state index is 14.9. The van der Waals surface area contributed by atoms with Gasteiger partial charge < -0.3 is 19.9 Å². The van der Waals surface area contributed by atoms with Gasteiger partial charge in [-0.3, -0.25) is 19.3 Å². The van der Waals surface area contributed by atoms with Crippen LogP contribution < -0.4 is 10.2 Å². The first-order valence-corrected chi connectivity index (χ1v) is 13.9. The summed E-state index contributed by atoms with van der Waals surface area (Å²) in [4.78, 5) is 43.4. The van der Waals surface area contributed by atoms with Crippen molar-refractivity contribution in [2.24, 2.45) is 5.41 Å². The minimum atomic E-state index is -5.11. The van der Waals surface area contributed by atoms with E-state index in [0.717, 1.165) is 17.6 Å². The van der Waals surface area contributed by atoms with Crippen molar-refractivity contribution in [1.82, 2.24) is 15.1 Å². The topological polar surface area (TPSA) is 82.2 Å². The van der Waals surface area contributed by atoms with Crippen LogP contribution in [0.5, 0.6) is 0 Å². The number of nitrogens with one attached hydrogen (secondary N) is 1. The van der Waals surface area contributed by atoms with Crippen molar-refractivity contribution in [2.75, 3.05) is 58.3 Å². The average Bonchev–Trinajstić information content (AvgIpc) is 2.94. The van der Waals surface area contributed by atoms with Gasteiger partial charge in [0.05, 0.1) is 6.54 Å². The number of nitrogens with zero attached hydrogens (tertiary/aromatic N) is 3. The fraction of sp³-hybridized carbons (Fsp3) is 0.500. The molecule has 8 nitrogen and oxygen atoms in total. The molecule has 1 N–H and O–H groups in total. The molecular weight excluding hydrogens is 556 g/mol. The number of carbonyl (C=O) groups is 3. The summed E-state index contributed by atoms with van der Waals surface area (Å²) < 4.78 is 63.5. The number of benzene rings is 2. The standard InChI is InChI=1S/C30H34F4N4O4/c1-36-14-15-38(26(40)19-36)23-5-3-4-21(16-23)29(42-2,30(32,33)34)27(41)37-12-10-28(11-13-37)17-25(39)35-18-24(28)20-6-8-22(31)9-7-20/h3-9,16,24H,10-15,17-19H2,1-2H3,(H,35,39)/t24-,29?/m0/s1. The molecule has 2 aromatic rings. The molecule has 3 amide bonds. The maximum atomic E-state index is 14.9. The Morgan fingerprint density at radius 3 is 2.33 bits per heavy atom. The first kappa shape index (κ1) is 30.0. The van der Waals surface area contributed by atoms with Crippen molar-refractivity contribution < 1.29 is 36.7 Å². The fourth-order valence-electron chi connectivity index (χ4n) is 6.69. The van der Waals surface area contributed by atoms with E-state index in [1.807, 2.05) is 4.90 Å². The lowest BCUT2D eigenvalue weighted by atomic mass is 9.62. The number of halogens is 4.